The molecule has 3 nitrogen and oxygen atoms in total. The number of thiol groups is 1. The number of nitrogens with zero attached hydrogens (tertiary/aromatic N) is 2. The van der Waals surface area contributed by atoms with Crippen LogP contribution in [-0.2, 0) is 4.79 Å². The second-order valence-electron chi connectivity index (χ2n) is 4.63. The van der Waals surface area contributed by atoms with Gasteiger partial charge in [-0.2, -0.15) is 12.6 Å². The molecule has 1 saturated heterocycles. The van der Waals surface area contributed by atoms with Crippen molar-refractivity contribution in [2.24, 2.45) is 5.92 Å². The van der Waals surface area contributed by atoms with Gasteiger partial charge in [-0.15, -0.1) is 0 Å². The van der Waals surface area contributed by atoms with Crippen LogP contribution in [-0.4, -0.2) is 23.2 Å². The van der Waals surface area contributed by atoms with E-state index < -0.39 is 0 Å². The summed E-state index contributed by atoms with van der Waals surface area (Å²) in [5.41, 5.74) is 0.990. The molecular weight excluding hydrogens is 244 g/mol. The van der Waals surface area contributed by atoms with E-state index in [9.17, 15) is 4.79 Å². The molecule has 0 bridgehead atoms. The standard InChI is InChI=1S/C14H14N2OS/c17-14-6-10(9-18)8-16(14)13-3-1-2-11-7-15-5-4-12(11)13/h1-5,7,10,18H,6,8-9H2. The monoisotopic (exact) mass is 258 g/mol. The first kappa shape index (κ1) is 11.5. The van der Waals surface area contributed by atoms with Crippen molar-refractivity contribution < 1.29 is 4.79 Å². The number of rotatable bonds is 2. The molecular formula is C14H14N2OS. The molecule has 1 fully saturated rings. The Hall–Kier alpha value is -1.55. The summed E-state index contributed by atoms with van der Waals surface area (Å²) in [5, 5.41) is 2.15. The van der Waals surface area contributed by atoms with Crippen LogP contribution in [0, 0.1) is 5.92 Å². The molecule has 1 aliphatic rings. The molecule has 1 amide bonds. The van der Waals surface area contributed by atoms with E-state index in [-0.39, 0.29) is 5.91 Å². The number of benzene rings is 1. The third kappa shape index (κ3) is 1.86. The molecule has 0 spiro atoms. The number of carbonyl (C=O) groups excluding carboxylic acids is 1. The van der Waals surface area contributed by atoms with Gasteiger partial charge in [0.1, 0.15) is 0 Å². The quantitative estimate of drug-likeness (QED) is 0.840. The molecule has 0 saturated carbocycles. The van der Waals surface area contributed by atoms with Crippen LogP contribution in [0.1, 0.15) is 6.42 Å². The van der Waals surface area contributed by atoms with Crippen molar-refractivity contribution in [3.05, 3.63) is 36.7 Å². The van der Waals surface area contributed by atoms with Gasteiger partial charge < -0.3 is 4.90 Å². The van der Waals surface area contributed by atoms with E-state index in [0.717, 1.165) is 28.8 Å². The molecule has 92 valence electrons. The van der Waals surface area contributed by atoms with Crippen LogP contribution in [0.3, 0.4) is 0 Å². The maximum atomic E-state index is 12.1. The van der Waals surface area contributed by atoms with Crippen molar-refractivity contribution in [3.8, 4) is 0 Å². The van der Waals surface area contributed by atoms with Gasteiger partial charge in [-0.25, -0.2) is 0 Å². The fraction of sp³-hybridized carbons (Fsp3) is 0.286. The van der Waals surface area contributed by atoms with E-state index in [1.54, 1.807) is 6.20 Å². The molecule has 2 heterocycles. The summed E-state index contributed by atoms with van der Waals surface area (Å²) in [6.07, 6.45) is 4.20. The van der Waals surface area contributed by atoms with Gasteiger partial charge in [-0.05, 0) is 23.8 Å². The lowest BCUT2D eigenvalue weighted by Crippen LogP contribution is -2.24. The Kier molecular flexibility index (Phi) is 2.96. The van der Waals surface area contributed by atoms with Gasteiger partial charge >= 0.3 is 0 Å². The van der Waals surface area contributed by atoms with Crippen LogP contribution >= 0.6 is 12.6 Å². The molecule has 3 rings (SSSR count). The Bertz CT molecular complexity index is 594. The van der Waals surface area contributed by atoms with Gasteiger partial charge in [0.25, 0.3) is 0 Å². The summed E-state index contributed by atoms with van der Waals surface area (Å²) in [7, 11) is 0. The predicted octanol–water partition coefficient (Wildman–Crippen LogP) is 2.52. The second kappa shape index (κ2) is 4.61. The number of aromatic nitrogens is 1. The van der Waals surface area contributed by atoms with E-state index in [4.69, 9.17) is 0 Å². The Morgan fingerprint density at radius 1 is 1.39 bits per heavy atom. The zero-order valence-corrected chi connectivity index (χ0v) is 10.8. The van der Waals surface area contributed by atoms with Crippen molar-refractivity contribution >= 4 is 35.0 Å². The minimum Gasteiger partial charge on any atom is -0.311 e. The van der Waals surface area contributed by atoms with Crippen LogP contribution in [0.4, 0.5) is 5.69 Å². The zero-order chi connectivity index (χ0) is 12.5. The fourth-order valence-electron chi connectivity index (χ4n) is 2.48. The minimum absolute atomic E-state index is 0.193. The summed E-state index contributed by atoms with van der Waals surface area (Å²) in [4.78, 5) is 18.1. The van der Waals surface area contributed by atoms with E-state index in [1.807, 2.05) is 35.4 Å². The maximum Gasteiger partial charge on any atom is 0.227 e. The average molecular weight is 258 g/mol. The summed E-state index contributed by atoms with van der Waals surface area (Å²) < 4.78 is 0. The summed E-state index contributed by atoms with van der Waals surface area (Å²) in [6.45, 7) is 0.768. The molecule has 1 aromatic carbocycles. The van der Waals surface area contributed by atoms with Gasteiger partial charge in [-0.1, -0.05) is 12.1 Å². The summed E-state index contributed by atoms with van der Waals surface area (Å²) in [5.74, 6) is 1.31. The van der Waals surface area contributed by atoms with Gasteiger partial charge in [0, 0.05) is 36.1 Å². The highest BCUT2D eigenvalue weighted by Crippen LogP contribution is 2.31. The number of amides is 1. The molecule has 1 unspecified atom stereocenters. The number of hydrogen-bond donors (Lipinski definition) is 1. The first-order valence-electron chi connectivity index (χ1n) is 6.03. The highest BCUT2D eigenvalue weighted by molar-refractivity contribution is 7.80. The Labute approximate surface area is 111 Å². The second-order valence-corrected chi connectivity index (χ2v) is 5.00. The third-order valence-corrected chi connectivity index (χ3v) is 3.93. The molecule has 1 aliphatic heterocycles. The van der Waals surface area contributed by atoms with Crippen LogP contribution < -0.4 is 4.90 Å². The normalized spacial score (nSPS) is 19.7. The maximum absolute atomic E-state index is 12.1. The Morgan fingerprint density at radius 3 is 3.06 bits per heavy atom. The molecule has 4 heteroatoms. The van der Waals surface area contributed by atoms with Crippen molar-refractivity contribution in [1.82, 2.24) is 4.98 Å². The smallest absolute Gasteiger partial charge is 0.227 e. The summed E-state index contributed by atoms with van der Waals surface area (Å²) >= 11 is 4.29. The number of hydrogen-bond acceptors (Lipinski definition) is 3. The predicted molar refractivity (Wildman–Crippen MR) is 76.1 cm³/mol. The molecule has 0 radical (unpaired) electrons. The Balaban J connectivity index is 2.07. The number of fused-ring (bicyclic) bond motifs is 1. The highest BCUT2D eigenvalue weighted by atomic mass is 32.1. The third-order valence-electron chi connectivity index (χ3n) is 3.41. The van der Waals surface area contributed by atoms with Crippen LogP contribution in [0.2, 0.25) is 0 Å². The average Bonchev–Trinajstić information content (AvgIpc) is 2.79. The number of carbonyl (C=O) groups is 1. The summed E-state index contributed by atoms with van der Waals surface area (Å²) in [6, 6.07) is 7.95. The first-order valence-corrected chi connectivity index (χ1v) is 6.67. The SMILES string of the molecule is O=C1CC(CS)CN1c1cccc2cnccc12. The Morgan fingerprint density at radius 2 is 2.28 bits per heavy atom. The molecule has 0 N–H and O–H groups in total. The van der Waals surface area contributed by atoms with Crippen molar-refractivity contribution in [1.29, 1.82) is 0 Å². The van der Waals surface area contributed by atoms with Crippen LogP contribution in [0.5, 0.6) is 0 Å². The van der Waals surface area contributed by atoms with Crippen LogP contribution in [0.15, 0.2) is 36.7 Å². The first-order chi connectivity index (χ1) is 8.79. The number of anilines is 1. The zero-order valence-electron chi connectivity index (χ0n) is 9.91. The molecule has 18 heavy (non-hydrogen) atoms. The molecule has 1 aromatic heterocycles. The molecule has 1 atom stereocenters. The van der Waals surface area contributed by atoms with Crippen molar-refractivity contribution in [3.63, 3.8) is 0 Å². The molecule has 0 aliphatic carbocycles. The lowest BCUT2D eigenvalue weighted by atomic mass is 10.1. The van der Waals surface area contributed by atoms with E-state index in [1.165, 1.54) is 0 Å². The topological polar surface area (TPSA) is 33.2 Å². The fourth-order valence-corrected chi connectivity index (χ4v) is 2.72. The van der Waals surface area contributed by atoms with Gasteiger partial charge in [0.05, 0.1) is 5.69 Å². The lowest BCUT2D eigenvalue weighted by molar-refractivity contribution is -0.117. The van der Waals surface area contributed by atoms with Gasteiger partial charge in [-0.3, -0.25) is 9.78 Å². The van der Waals surface area contributed by atoms with Gasteiger partial charge in [0.2, 0.25) is 5.91 Å². The number of pyridine rings is 1. The van der Waals surface area contributed by atoms with Crippen LogP contribution in [0.25, 0.3) is 10.8 Å². The molecule has 2 aromatic rings. The van der Waals surface area contributed by atoms with Gasteiger partial charge in [0.15, 0.2) is 0 Å². The van der Waals surface area contributed by atoms with E-state index >= 15 is 0 Å². The van der Waals surface area contributed by atoms with Crippen molar-refractivity contribution in [2.75, 3.05) is 17.2 Å². The van der Waals surface area contributed by atoms with E-state index in [2.05, 4.69) is 17.6 Å². The largest absolute Gasteiger partial charge is 0.311 e. The van der Waals surface area contributed by atoms with E-state index in [0.29, 0.717) is 12.3 Å². The van der Waals surface area contributed by atoms with Crippen molar-refractivity contribution in [2.45, 2.75) is 6.42 Å². The highest BCUT2D eigenvalue weighted by Gasteiger charge is 2.30. The lowest BCUT2D eigenvalue weighted by Gasteiger charge is -2.18. The minimum atomic E-state index is 0.193.